The minimum absolute atomic E-state index is 0.737. The van der Waals surface area contributed by atoms with Crippen molar-refractivity contribution < 1.29 is 0 Å². The number of para-hydroxylation sites is 1. The van der Waals surface area contributed by atoms with Crippen LogP contribution in [0, 0.1) is 0 Å². The van der Waals surface area contributed by atoms with E-state index in [-0.39, 0.29) is 0 Å². The van der Waals surface area contributed by atoms with Crippen molar-refractivity contribution in [3.8, 4) is 0 Å². The number of anilines is 1. The van der Waals surface area contributed by atoms with Crippen LogP contribution >= 0.6 is 0 Å². The number of nitrogens with one attached hydrogen (secondary N) is 1. The second-order valence-corrected chi connectivity index (χ2v) is 6.60. The Morgan fingerprint density at radius 3 is 3.00 bits per heavy atom. The molecular weight excluding hydrogens is 258 g/mol. The van der Waals surface area contributed by atoms with E-state index in [9.17, 15) is 0 Å². The highest BCUT2D eigenvalue weighted by atomic mass is 15.1. The summed E-state index contributed by atoms with van der Waals surface area (Å²) in [5.41, 5.74) is 2.99. The highest BCUT2D eigenvalue weighted by Gasteiger charge is 2.18. The molecule has 0 aromatic heterocycles. The minimum atomic E-state index is 0.737. The average Bonchev–Trinajstić information content (AvgIpc) is 2.80. The lowest BCUT2D eigenvalue weighted by atomic mass is 10.1. The van der Waals surface area contributed by atoms with Crippen molar-refractivity contribution in [2.45, 2.75) is 38.1 Å². The molecule has 1 unspecified atom stereocenters. The van der Waals surface area contributed by atoms with E-state index in [1.807, 2.05) is 0 Å². The summed E-state index contributed by atoms with van der Waals surface area (Å²) in [5, 5.41) is 3.78. The summed E-state index contributed by atoms with van der Waals surface area (Å²) in [4.78, 5) is 5.01. The third-order valence-electron chi connectivity index (χ3n) is 4.97. The topological polar surface area (TPSA) is 18.5 Å². The molecular formula is C18H29N3. The highest BCUT2D eigenvalue weighted by Crippen LogP contribution is 2.27. The first kappa shape index (κ1) is 14.9. The van der Waals surface area contributed by atoms with Crippen molar-refractivity contribution >= 4 is 5.69 Å². The third kappa shape index (κ3) is 3.98. The van der Waals surface area contributed by atoms with Gasteiger partial charge in [0.2, 0.25) is 0 Å². The second-order valence-electron chi connectivity index (χ2n) is 6.60. The van der Waals surface area contributed by atoms with Crippen LogP contribution in [0.1, 0.15) is 31.2 Å². The van der Waals surface area contributed by atoms with E-state index in [1.165, 1.54) is 69.5 Å². The summed E-state index contributed by atoms with van der Waals surface area (Å²) < 4.78 is 0. The van der Waals surface area contributed by atoms with Crippen LogP contribution in [-0.4, -0.2) is 50.7 Å². The maximum Gasteiger partial charge on any atom is 0.0399 e. The van der Waals surface area contributed by atoms with Gasteiger partial charge in [-0.05, 0) is 70.4 Å². The zero-order chi connectivity index (χ0) is 14.5. The van der Waals surface area contributed by atoms with Crippen molar-refractivity contribution in [3.05, 3.63) is 29.8 Å². The smallest absolute Gasteiger partial charge is 0.0399 e. The predicted octanol–water partition coefficient (Wildman–Crippen LogP) is 2.51. The van der Waals surface area contributed by atoms with Gasteiger partial charge in [0, 0.05) is 24.8 Å². The molecule has 2 aliphatic heterocycles. The van der Waals surface area contributed by atoms with Crippen LogP contribution < -0.4 is 10.2 Å². The van der Waals surface area contributed by atoms with Gasteiger partial charge in [0.05, 0.1) is 0 Å². The Morgan fingerprint density at radius 2 is 2.05 bits per heavy atom. The molecule has 0 bridgehead atoms. The van der Waals surface area contributed by atoms with Crippen LogP contribution in [0.5, 0.6) is 0 Å². The lowest BCUT2D eigenvalue weighted by Gasteiger charge is -2.21. The van der Waals surface area contributed by atoms with Gasteiger partial charge in [-0.1, -0.05) is 18.2 Å². The molecule has 0 saturated carbocycles. The van der Waals surface area contributed by atoms with Crippen molar-refractivity contribution in [2.24, 2.45) is 0 Å². The van der Waals surface area contributed by atoms with Gasteiger partial charge >= 0.3 is 0 Å². The van der Waals surface area contributed by atoms with Crippen LogP contribution in [0.25, 0.3) is 0 Å². The molecule has 1 aromatic carbocycles. The maximum absolute atomic E-state index is 3.78. The number of fused-ring (bicyclic) bond motifs is 1. The fourth-order valence-electron chi connectivity index (χ4n) is 3.66. The van der Waals surface area contributed by atoms with E-state index in [0.29, 0.717) is 0 Å². The number of likely N-dealkylation sites (tertiary alicyclic amines) is 1. The molecule has 1 saturated heterocycles. The molecule has 1 fully saturated rings. The van der Waals surface area contributed by atoms with Gasteiger partial charge in [-0.2, -0.15) is 0 Å². The summed E-state index contributed by atoms with van der Waals surface area (Å²) in [6.07, 6.45) is 6.47. The molecule has 1 aromatic rings. The van der Waals surface area contributed by atoms with Crippen molar-refractivity contribution in [1.82, 2.24) is 10.2 Å². The quantitative estimate of drug-likeness (QED) is 0.840. The SMILES string of the molecule is CN1CCCC(NCCCN2CCc3ccccc32)CC1. The molecule has 3 rings (SSSR count). The lowest BCUT2D eigenvalue weighted by Crippen LogP contribution is -2.33. The Hall–Kier alpha value is -1.06. The first-order chi connectivity index (χ1) is 10.3. The van der Waals surface area contributed by atoms with E-state index in [2.05, 4.69) is 46.4 Å². The van der Waals surface area contributed by atoms with E-state index in [1.54, 1.807) is 0 Å². The van der Waals surface area contributed by atoms with Crippen LogP contribution in [0.2, 0.25) is 0 Å². The fourth-order valence-corrected chi connectivity index (χ4v) is 3.66. The Bertz CT molecular complexity index is 446. The number of rotatable bonds is 5. The van der Waals surface area contributed by atoms with Crippen LogP contribution in [0.4, 0.5) is 5.69 Å². The first-order valence-corrected chi connectivity index (χ1v) is 8.58. The molecule has 0 radical (unpaired) electrons. The average molecular weight is 287 g/mol. The molecule has 0 amide bonds. The van der Waals surface area contributed by atoms with Crippen molar-refractivity contribution in [3.63, 3.8) is 0 Å². The van der Waals surface area contributed by atoms with Gasteiger partial charge in [-0.15, -0.1) is 0 Å². The molecule has 3 nitrogen and oxygen atoms in total. The Labute approximate surface area is 129 Å². The second kappa shape index (κ2) is 7.28. The molecule has 116 valence electrons. The van der Waals surface area contributed by atoms with Gasteiger partial charge in [0.25, 0.3) is 0 Å². The fraction of sp³-hybridized carbons (Fsp3) is 0.667. The molecule has 0 aliphatic carbocycles. The van der Waals surface area contributed by atoms with E-state index in [0.717, 1.165) is 12.6 Å². The zero-order valence-corrected chi connectivity index (χ0v) is 13.4. The normalized spacial score (nSPS) is 23.1. The molecule has 2 heterocycles. The van der Waals surface area contributed by atoms with E-state index >= 15 is 0 Å². The van der Waals surface area contributed by atoms with Gasteiger partial charge in [-0.3, -0.25) is 0 Å². The summed E-state index contributed by atoms with van der Waals surface area (Å²) >= 11 is 0. The molecule has 21 heavy (non-hydrogen) atoms. The zero-order valence-electron chi connectivity index (χ0n) is 13.4. The van der Waals surface area contributed by atoms with Crippen LogP contribution in [0.3, 0.4) is 0 Å². The monoisotopic (exact) mass is 287 g/mol. The summed E-state index contributed by atoms with van der Waals surface area (Å²) in [6, 6.07) is 9.61. The number of benzene rings is 1. The maximum atomic E-state index is 3.78. The summed E-state index contributed by atoms with van der Waals surface area (Å²) in [5.74, 6) is 0. The van der Waals surface area contributed by atoms with Crippen LogP contribution in [-0.2, 0) is 6.42 Å². The van der Waals surface area contributed by atoms with E-state index in [4.69, 9.17) is 0 Å². The van der Waals surface area contributed by atoms with Gasteiger partial charge in [0.15, 0.2) is 0 Å². The summed E-state index contributed by atoms with van der Waals surface area (Å²) in [7, 11) is 2.24. The molecule has 2 aliphatic rings. The Kier molecular flexibility index (Phi) is 5.15. The highest BCUT2D eigenvalue weighted by molar-refractivity contribution is 5.57. The number of hydrogen-bond acceptors (Lipinski definition) is 3. The predicted molar refractivity (Wildman–Crippen MR) is 90.1 cm³/mol. The molecule has 0 spiro atoms. The molecule has 3 heteroatoms. The van der Waals surface area contributed by atoms with Crippen molar-refractivity contribution in [2.75, 3.05) is 44.7 Å². The lowest BCUT2D eigenvalue weighted by molar-refractivity contribution is 0.343. The van der Waals surface area contributed by atoms with E-state index < -0.39 is 0 Å². The van der Waals surface area contributed by atoms with Gasteiger partial charge in [0.1, 0.15) is 0 Å². The largest absolute Gasteiger partial charge is 0.371 e. The third-order valence-corrected chi connectivity index (χ3v) is 4.97. The van der Waals surface area contributed by atoms with Crippen LogP contribution in [0.15, 0.2) is 24.3 Å². The van der Waals surface area contributed by atoms with Gasteiger partial charge < -0.3 is 15.1 Å². The molecule has 1 atom stereocenters. The minimum Gasteiger partial charge on any atom is -0.371 e. The number of hydrogen-bond donors (Lipinski definition) is 1. The van der Waals surface area contributed by atoms with Crippen molar-refractivity contribution in [1.29, 1.82) is 0 Å². The first-order valence-electron chi connectivity index (χ1n) is 8.58. The molecule has 1 N–H and O–H groups in total. The number of nitrogens with zero attached hydrogens (tertiary/aromatic N) is 2. The Morgan fingerprint density at radius 1 is 1.14 bits per heavy atom. The summed E-state index contributed by atoms with van der Waals surface area (Å²) in [6.45, 7) is 6.07. The van der Waals surface area contributed by atoms with Gasteiger partial charge in [-0.25, -0.2) is 0 Å². The Balaban J connectivity index is 1.37. The standard InChI is InChI=1S/C18H29N3/c1-20-12-4-7-17(10-14-20)19-11-5-13-21-15-9-16-6-2-3-8-18(16)21/h2-3,6,8,17,19H,4-5,7,9-15H2,1H3.